The molecule has 0 aliphatic carbocycles. The van der Waals surface area contributed by atoms with Gasteiger partial charge >= 0.3 is 6.16 Å². The Labute approximate surface area is 151 Å². The van der Waals surface area contributed by atoms with Crippen molar-refractivity contribution in [2.45, 2.75) is 26.8 Å². The zero-order valence-corrected chi connectivity index (χ0v) is 15.0. The Balaban J connectivity index is 2.49. The second-order valence-electron chi connectivity index (χ2n) is 5.21. The van der Waals surface area contributed by atoms with Crippen molar-refractivity contribution >= 4 is 23.5 Å². The predicted octanol–water partition coefficient (Wildman–Crippen LogP) is 4.19. The zero-order chi connectivity index (χ0) is 18.4. The Bertz CT molecular complexity index is 811. The van der Waals surface area contributed by atoms with E-state index in [9.17, 15) is 9.59 Å². The summed E-state index contributed by atoms with van der Waals surface area (Å²) in [5.74, 6) is -0.307. The first kappa shape index (κ1) is 18.7. The molecular formula is C18H19ClN2O4. The predicted molar refractivity (Wildman–Crippen MR) is 94.3 cm³/mol. The van der Waals surface area contributed by atoms with E-state index in [0.717, 1.165) is 0 Å². The van der Waals surface area contributed by atoms with Crippen LogP contribution in [0.15, 0.2) is 36.4 Å². The van der Waals surface area contributed by atoms with Gasteiger partial charge in [-0.25, -0.2) is 9.48 Å². The maximum Gasteiger partial charge on any atom is 0.514 e. The number of halogens is 1. The van der Waals surface area contributed by atoms with Crippen molar-refractivity contribution in [2.24, 2.45) is 0 Å². The van der Waals surface area contributed by atoms with Crippen molar-refractivity contribution < 1.29 is 19.1 Å². The Hall–Kier alpha value is -2.60. The maximum atomic E-state index is 12.9. The summed E-state index contributed by atoms with van der Waals surface area (Å²) in [5, 5.41) is 4.65. The van der Waals surface area contributed by atoms with Crippen molar-refractivity contribution in [3.8, 4) is 5.88 Å². The molecule has 1 heterocycles. The zero-order valence-electron chi connectivity index (χ0n) is 14.3. The molecule has 0 saturated carbocycles. The number of carbonyl (C=O) groups is 2. The summed E-state index contributed by atoms with van der Waals surface area (Å²) >= 11 is 6.13. The van der Waals surface area contributed by atoms with Gasteiger partial charge in [-0.3, -0.25) is 4.79 Å². The molecule has 2 rings (SSSR count). The van der Waals surface area contributed by atoms with Crippen molar-refractivity contribution in [2.75, 3.05) is 7.11 Å². The van der Waals surface area contributed by atoms with E-state index in [1.807, 2.05) is 19.1 Å². The highest BCUT2D eigenvalue weighted by molar-refractivity contribution is 6.35. The molecule has 6 nitrogen and oxygen atoms in total. The Morgan fingerprint density at radius 1 is 1.32 bits per heavy atom. The molecule has 1 aromatic carbocycles. The van der Waals surface area contributed by atoms with E-state index < -0.39 is 6.16 Å². The number of carbonyl (C=O) groups excluding carboxylic acids is 2. The second-order valence-corrected chi connectivity index (χ2v) is 5.62. The smallest absolute Gasteiger partial charge is 0.437 e. The quantitative estimate of drug-likeness (QED) is 0.438. The molecule has 0 fully saturated rings. The highest BCUT2D eigenvalue weighted by Crippen LogP contribution is 2.28. The number of benzene rings is 1. The summed E-state index contributed by atoms with van der Waals surface area (Å²) in [6.45, 7) is 4.04. The molecule has 1 aromatic heterocycles. The molecule has 0 radical (unpaired) electrons. The molecule has 0 spiro atoms. The average Bonchev–Trinajstić information content (AvgIpc) is 2.90. The number of aryl methyl sites for hydroxylation is 2. The van der Waals surface area contributed by atoms with Gasteiger partial charge in [0, 0.05) is 12.1 Å². The van der Waals surface area contributed by atoms with Gasteiger partial charge in [0.1, 0.15) is 5.56 Å². The summed E-state index contributed by atoms with van der Waals surface area (Å²) in [6, 6.07) is 6.69. The summed E-state index contributed by atoms with van der Waals surface area (Å²) in [6.07, 6.45) is 3.62. The van der Waals surface area contributed by atoms with E-state index >= 15 is 0 Å². The van der Waals surface area contributed by atoms with Gasteiger partial charge in [-0.05, 0) is 32.4 Å². The Kier molecular flexibility index (Phi) is 6.36. The number of ketones is 1. The Morgan fingerprint density at radius 2 is 2.04 bits per heavy atom. The van der Waals surface area contributed by atoms with Crippen LogP contribution >= 0.6 is 11.6 Å². The van der Waals surface area contributed by atoms with Crippen molar-refractivity contribution in [1.82, 2.24) is 9.78 Å². The van der Waals surface area contributed by atoms with Crippen LogP contribution in [0, 0.1) is 6.92 Å². The molecule has 0 amide bonds. The number of nitrogens with zero attached hydrogens (tertiary/aromatic N) is 2. The van der Waals surface area contributed by atoms with E-state index in [-0.39, 0.29) is 17.2 Å². The van der Waals surface area contributed by atoms with Crippen molar-refractivity contribution in [3.05, 3.63) is 58.3 Å². The molecule has 0 aliphatic rings. The van der Waals surface area contributed by atoms with Crippen LogP contribution in [0.1, 0.15) is 35.0 Å². The minimum atomic E-state index is -0.916. The standard InChI is InChI=1S/C18H19ClN2O4/c1-4-5-8-11-21-17(25-18(23)24-3)15(12(2)20-21)16(22)13-9-6-7-10-14(13)19/h4-7,9-10H,8,11H2,1-3H3. The van der Waals surface area contributed by atoms with Crippen LogP contribution in [-0.4, -0.2) is 28.8 Å². The summed E-state index contributed by atoms with van der Waals surface area (Å²) < 4.78 is 11.2. The molecule has 0 aliphatic heterocycles. The number of aromatic nitrogens is 2. The normalized spacial score (nSPS) is 10.9. The first-order valence-corrected chi connectivity index (χ1v) is 8.11. The van der Waals surface area contributed by atoms with Crippen molar-refractivity contribution in [3.63, 3.8) is 0 Å². The second kappa shape index (κ2) is 8.48. The molecule has 25 heavy (non-hydrogen) atoms. The number of hydrogen-bond acceptors (Lipinski definition) is 5. The van der Waals surface area contributed by atoms with E-state index in [2.05, 4.69) is 9.84 Å². The van der Waals surface area contributed by atoms with Crippen LogP contribution in [0.2, 0.25) is 5.02 Å². The third-order valence-electron chi connectivity index (χ3n) is 3.52. The molecule has 0 bridgehead atoms. The topological polar surface area (TPSA) is 70.4 Å². The van der Waals surface area contributed by atoms with Gasteiger partial charge in [-0.15, -0.1) is 0 Å². The molecule has 7 heteroatoms. The van der Waals surface area contributed by atoms with Crippen molar-refractivity contribution in [1.29, 1.82) is 0 Å². The molecular weight excluding hydrogens is 344 g/mol. The van der Waals surface area contributed by atoms with E-state index in [1.165, 1.54) is 11.8 Å². The van der Waals surface area contributed by atoms with Crippen LogP contribution in [0.4, 0.5) is 4.79 Å². The lowest BCUT2D eigenvalue weighted by Crippen LogP contribution is -2.14. The molecule has 0 saturated heterocycles. The van der Waals surface area contributed by atoms with Gasteiger partial charge in [-0.2, -0.15) is 5.10 Å². The third kappa shape index (κ3) is 4.28. The van der Waals surface area contributed by atoms with Gasteiger partial charge in [0.05, 0.1) is 17.8 Å². The van der Waals surface area contributed by atoms with E-state index in [4.69, 9.17) is 16.3 Å². The summed E-state index contributed by atoms with van der Waals surface area (Å²) in [7, 11) is 1.20. The molecule has 2 aromatic rings. The average molecular weight is 363 g/mol. The van der Waals surface area contributed by atoms with Gasteiger partial charge in [0.15, 0.2) is 0 Å². The van der Waals surface area contributed by atoms with Gasteiger partial charge < -0.3 is 9.47 Å². The SMILES string of the molecule is CC=CCCn1nc(C)c(C(=O)c2ccccc2Cl)c1OC(=O)OC. The molecule has 0 unspecified atom stereocenters. The maximum absolute atomic E-state index is 12.9. The number of rotatable bonds is 6. The number of methoxy groups -OCH3 is 1. The summed E-state index contributed by atoms with van der Waals surface area (Å²) in [5.41, 5.74) is 0.957. The fraction of sp³-hybridized carbons (Fsp3) is 0.278. The molecule has 132 valence electrons. The Morgan fingerprint density at radius 3 is 2.68 bits per heavy atom. The monoisotopic (exact) mass is 362 g/mol. The van der Waals surface area contributed by atoms with Gasteiger partial charge in [0.2, 0.25) is 11.7 Å². The van der Waals surface area contributed by atoms with Crippen LogP contribution in [0.25, 0.3) is 0 Å². The van der Waals surface area contributed by atoms with Gasteiger partial charge in [0.25, 0.3) is 0 Å². The fourth-order valence-electron chi connectivity index (χ4n) is 2.34. The minimum Gasteiger partial charge on any atom is -0.437 e. The third-order valence-corrected chi connectivity index (χ3v) is 3.85. The lowest BCUT2D eigenvalue weighted by molar-refractivity contribution is 0.102. The fourth-order valence-corrected chi connectivity index (χ4v) is 2.56. The number of allylic oxidation sites excluding steroid dienone is 2. The van der Waals surface area contributed by atoms with E-state index in [1.54, 1.807) is 31.2 Å². The van der Waals surface area contributed by atoms with Crippen LogP contribution in [-0.2, 0) is 11.3 Å². The highest BCUT2D eigenvalue weighted by atomic mass is 35.5. The lowest BCUT2D eigenvalue weighted by atomic mass is 10.0. The molecule has 0 atom stereocenters. The number of hydrogen-bond donors (Lipinski definition) is 0. The van der Waals surface area contributed by atoms with Gasteiger partial charge in [-0.1, -0.05) is 35.9 Å². The summed E-state index contributed by atoms with van der Waals surface area (Å²) in [4.78, 5) is 24.6. The first-order valence-electron chi connectivity index (χ1n) is 7.73. The van der Waals surface area contributed by atoms with E-state index in [0.29, 0.717) is 29.2 Å². The van der Waals surface area contributed by atoms with Crippen LogP contribution < -0.4 is 4.74 Å². The highest BCUT2D eigenvalue weighted by Gasteiger charge is 2.27. The number of ether oxygens (including phenoxy) is 2. The molecule has 0 N–H and O–H groups in total. The minimum absolute atomic E-state index is 0.0544. The van der Waals surface area contributed by atoms with Crippen LogP contribution in [0.5, 0.6) is 5.88 Å². The van der Waals surface area contributed by atoms with Crippen LogP contribution in [0.3, 0.4) is 0 Å². The largest absolute Gasteiger partial charge is 0.514 e. The lowest BCUT2D eigenvalue weighted by Gasteiger charge is -2.09. The first-order chi connectivity index (χ1) is 12.0.